The van der Waals surface area contributed by atoms with Gasteiger partial charge in [-0.2, -0.15) is 0 Å². The van der Waals surface area contributed by atoms with Crippen molar-refractivity contribution in [3.63, 3.8) is 0 Å². The Balaban J connectivity index is 0.000000138. The van der Waals surface area contributed by atoms with Crippen LogP contribution in [0.5, 0.6) is 46.0 Å². The highest BCUT2D eigenvalue weighted by molar-refractivity contribution is 9.10. The molecule has 4 heterocycles. The van der Waals surface area contributed by atoms with Gasteiger partial charge in [0.1, 0.15) is 93.6 Å². The molecule has 0 saturated heterocycles. The average Bonchev–Trinajstić information content (AvgIpc) is 1.78. The van der Waals surface area contributed by atoms with Crippen molar-refractivity contribution in [2.75, 3.05) is 0 Å². The highest BCUT2D eigenvalue weighted by Crippen LogP contribution is 2.36. The summed E-state index contributed by atoms with van der Waals surface area (Å²) in [4.78, 5) is 75.4. The summed E-state index contributed by atoms with van der Waals surface area (Å²) in [6.45, 7) is 7.23. The Bertz CT molecular complexity index is 5880. The van der Waals surface area contributed by atoms with E-state index in [4.69, 9.17) is 49.5 Å². The van der Waals surface area contributed by atoms with E-state index in [2.05, 4.69) is 55.8 Å². The van der Waals surface area contributed by atoms with Crippen LogP contribution in [0.25, 0.3) is 44.1 Å². The molecule has 0 unspecified atom stereocenters. The molecule has 24 nitrogen and oxygen atoms in total. The van der Waals surface area contributed by atoms with Gasteiger partial charge in [0.15, 0.2) is 46.0 Å². The van der Waals surface area contributed by atoms with E-state index >= 15 is 0 Å². The number of imidazole rings is 4. The third-order valence-corrected chi connectivity index (χ3v) is 18.8. The number of carboxylic acid groups (broad SMARTS) is 4. The Morgan fingerprint density at radius 3 is 0.975 bits per heavy atom. The summed E-state index contributed by atoms with van der Waals surface area (Å²) in [5.41, 5.74) is 12.7. The van der Waals surface area contributed by atoms with Crippen LogP contribution >= 0.6 is 27.5 Å². The van der Waals surface area contributed by atoms with Gasteiger partial charge in [-0.3, -0.25) is 0 Å². The first-order chi connectivity index (χ1) is 57.9. The summed E-state index contributed by atoms with van der Waals surface area (Å²) in [7, 11) is 0. The highest BCUT2D eigenvalue weighted by atomic mass is 79.9. The summed E-state index contributed by atoms with van der Waals surface area (Å²) >= 11 is 9.22. The molecule has 0 aliphatic heterocycles. The number of rotatable bonds is 28. The van der Waals surface area contributed by atoms with Crippen molar-refractivity contribution in [3.8, 4) is 46.0 Å². The van der Waals surface area contributed by atoms with Crippen molar-refractivity contribution in [2.45, 2.75) is 73.6 Å². The van der Waals surface area contributed by atoms with Gasteiger partial charge in [-0.1, -0.05) is 135 Å². The van der Waals surface area contributed by atoms with Gasteiger partial charge < -0.3 is 78.3 Å². The van der Waals surface area contributed by atoms with Gasteiger partial charge in [-0.15, -0.1) is 0 Å². The SMILES string of the molecule is Cc1ccc(COc2cc(C(=O)O)ccc2OCc2nc3ccc(Cl)cc3[nH]2)cc1.Cc1ccc(COc2cc(C(=O)O)ccc2OCc2nc3ccc(F)cc3[nH]2)cc1.Cc1ccc(COc2cc(C(=O)O)ccc2OCc2nc3ccc(F)cc3[nH]2)cc1.O=C(O)c1ccc(OCc2nc3ccccc3[nH]2)c(OCc2ccc(Br)cc2F)c1. The molecule has 0 radical (unpaired) electrons. The third-order valence-electron chi connectivity index (χ3n) is 18.1. The molecule has 4 aromatic heterocycles. The first-order valence-electron chi connectivity index (χ1n) is 36.9. The summed E-state index contributed by atoms with van der Waals surface area (Å²) in [6, 6.07) is 67.6. The fraction of sp³-hybridized carbons (Fsp3) is 0.121. The maximum Gasteiger partial charge on any atom is 0.335 e. The first kappa shape index (κ1) is 83.3. The highest BCUT2D eigenvalue weighted by Gasteiger charge is 2.20. The van der Waals surface area contributed by atoms with Crippen LogP contribution < -0.4 is 37.9 Å². The minimum atomic E-state index is -1.10. The van der Waals surface area contributed by atoms with Gasteiger partial charge in [0.2, 0.25) is 0 Å². The number of aromatic nitrogens is 8. The van der Waals surface area contributed by atoms with E-state index in [-0.39, 0.29) is 85.9 Å². The first-order valence-corrected chi connectivity index (χ1v) is 38.1. The molecule has 0 aliphatic rings. The van der Waals surface area contributed by atoms with Gasteiger partial charge in [0.05, 0.1) is 66.4 Å². The number of nitrogens with zero attached hydrogens (tertiary/aromatic N) is 4. The van der Waals surface area contributed by atoms with Crippen LogP contribution in [0.3, 0.4) is 0 Å². The van der Waals surface area contributed by atoms with Crippen molar-refractivity contribution in [3.05, 3.63) is 354 Å². The predicted molar refractivity (Wildman–Crippen MR) is 445 cm³/mol. The molecule has 608 valence electrons. The monoisotopic (exact) mass is 1700 g/mol. The van der Waals surface area contributed by atoms with E-state index in [0.29, 0.717) is 107 Å². The third kappa shape index (κ3) is 22.7. The number of aromatic amines is 4. The largest absolute Gasteiger partial charge is 0.485 e. The van der Waals surface area contributed by atoms with E-state index in [1.807, 2.05) is 124 Å². The molecule has 0 fully saturated rings. The molecule has 0 bridgehead atoms. The predicted octanol–water partition coefficient (Wildman–Crippen LogP) is 20.4. The number of hydrogen-bond acceptors (Lipinski definition) is 16. The standard InChI is InChI=1S/C23H19ClN2O4.2C23H19FN2O4.C22H16BrFN2O4/c3*1-14-2-4-15(5-3-14)12-29-21-10-16(23(27)28)6-9-20(21)30-13-22-25-18-8-7-17(24)11-19(18)26-22;23-15-7-5-14(16(24)10-15)11-29-20-9-13(22(27)28)6-8-19(20)30-12-21-25-17-3-1-2-4-18(17)26-21/h3*2-11H,12-13H2,1H3,(H,25,26)(H,27,28);1-10H,11-12H2,(H,25,26)(H,27,28). The maximum absolute atomic E-state index is 14.1. The number of halogens is 5. The van der Waals surface area contributed by atoms with E-state index in [1.54, 1.807) is 54.6 Å². The summed E-state index contributed by atoms with van der Waals surface area (Å²) in [5.74, 6) is -0.365. The molecule has 0 atom stereocenters. The number of ether oxygens (including phenoxy) is 8. The number of H-pyrrole nitrogens is 4. The summed E-state index contributed by atoms with van der Waals surface area (Å²) in [6.07, 6.45) is 0. The Morgan fingerprint density at radius 1 is 0.325 bits per heavy atom. The summed E-state index contributed by atoms with van der Waals surface area (Å²) < 4.78 is 88.0. The van der Waals surface area contributed by atoms with Crippen molar-refractivity contribution >= 4 is 95.5 Å². The average molecular weight is 1710 g/mol. The Kier molecular flexibility index (Phi) is 27.0. The minimum absolute atomic E-state index is 0.0392. The van der Waals surface area contributed by atoms with Gasteiger partial charge in [-0.25, -0.2) is 52.3 Å². The molecule has 120 heavy (non-hydrogen) atoms. The van der Waals surface area contributed by atoms with E-state index in [1.165, 1.54) is 84.9 Å². The molecule has 29 heteroatoms. The second-order valence-corrected chi connectivity index (χ2v) is 28.5. The molecule has 0 saturated carbocycles. The number of nitrogens with one attached hydrogen (secondary N) is 4. The number of carbonyl (C=O) groups is 4. The van der Waals surface area contributed by atoms with Gasteiger partial charge in [0.25, 0.3) is 0 Å². The zero-order valence-electron chi connectivity index (χ0n) is 64.1. The quantitative estimate of drug-likeness (QED) is 0.0226. The molecular formula is C91H73BrClF3N8O16. The zero-order chi connectivity index (χ0) is 84.3. The second-order valence-electron chi connectivity index (χ2n) is 27.1. The molecule has 0 amide bonds. The number of benzene rings is 12. The van der Waals surface area contributed by atoms with Crippen molar-refractivity contribution in [1.29, 1.82) is 0 Å². The van der Waals surface area contributed by atoms with Crippen LogP contribution in [-0.4, -0.2) is 84.2 Å². The topological polar surface area (TPSA) is 338 Å². The number of aromatic carboxylic acids is 4. The normalized spacial score (nSPS) is 10.9. The molecule has 16 aromatic rings. The maximum atomic E-state index is 14.1. The lowest BCUT2D eigenvalue weighted by Crippen LogP contribution is -2.04. The molecule has 12 aromatic carbocycles. The number of fused-ring (bicyclic) bond motifs is 4. The van der Waals surface area contributed by atoms with E-state index < -0.39 is 29.7 Å². The summed E-state index contributed by atoms with van der Waals surface area (Å²) in [5, 5.41) is 37.8. The van der Waals surface area contributed by atoms with Crippen LogP contribution in [0.4, 0.5) is 13.2 Å². The Morgan fingerprint density at radius 2 is 0.633 bits per heavy atom. The Hall–Kier alpha value is -14.6. The van der Waals surface area contributed by atoms with Gasteiger partial charge in [-0.05, 0) is 189 Å². The van der Waals surface area contributed by atoms with Crippen LogP contribution in [0.1, 0.15) is 104 Å². The second kappa shape index (κ2) is 38.9. The smallest absolute Gasteiger partial charge is 0.335 e. The number of para-hydroxylation sites is 2. The molecule has 16 rings (SSSR count). The Labute approximate surface area is 695 Å². The minimum Gasteiger partial charge on any atom is -0.485 e. The lowest BCUT2D eigenvalue weighted by Gasteiger charge is -2.13. The van der Waals surface area contributed by atoms with Crippen LogP contribution in [0, 0.1) is 38.2 Å². The molecule has 8 N–H and O–H groups in total. The van der Waals surface area contributed by atoms with Crippen LogP contribution in [0.2, 0.25) is 5.02 Å². The number of hydrogen-bond donors (Lipinski definition) is 8. The van der Waals surface area contributed by atoms with Gasteiger partial charge >= 0.3 is 23.9 Å². The fourth-order valence-corrected chi connectivity index (χ4v) is 12.3. The van der Waals surface area contributed by atoms with Crippen molar-refractivity contribution in [2.24, 2.45) is 0 Å². The van der Waals surface area contributed by atoms with Crippen molar-refractivity contribution in [1.82, 2.24) is 39.9 Å². The van der Waals surface area contributed by atoms with E-state index in [0.717, 1.165) is 55.4 Å². The lowest BCUT2D eigenvalue weighted by atomic mass is 10.1. The molecule has 0 spiro atoms. The van der Waals surface area contributed by atoms with Crippen LogP contribution in [-0.2, 0) is 52.9 Å². The fourth-order valence-electron chi connectivity index (χ4n) is 11.8. The van der Waals surface area contributed by atoms with E-state index in [9.17, 15) is 52.8 Å². The number of aryl methyl sites for hydroxylation is 3. The number of carboxylic acids is 4. The van der Waals surface area contributed by atoms with Crippen LogP contribution in [0.15, 0.2) is 247 Å². The zero-order valence-corrected chi connectivity index (χ0v) is 66.5. The van der Waals surface area contributed by atoms with Crippen molar-refractivity contribution < 1.29 is 90.7 Å². The van der Waals surface area contributed by atoms with Gasteiger partial charge in [0, 0.05) is 15.1 Å². The molecular weight excluding hydrogens is 1630 g/mol. The lowest BCUT2D eigenvalue weighted by molar-refractivity contribution is 0.0685. The molecule has 0 aliphatic carbocycles.